The van der Waals surface area contributed by atoms with Crippen molar-refractivity contribution in [3.05, 3.63) is 71.6 Å². The third kappa shape index (κ3) is 4.27. The van der Waals surface area contributed by atoms with E-state index in [4.69, 9.17) is 4.42 Å². The van der Waals surface area contributed by atoms with Gasteiger partial charge in [0.05, 0.1) is 5.56 Å². The van der Waals surface area contributed by atoms with E-state index in [1.807, 2.05) is 30.3 Å². The molecule has 0 bridgehead atoms. The predicted octanol–water partition coefficient (Wildman–Crippen LogP) is 3.73. The Balaban J connectivity index is 1.57. The number of hydrogen-bond donors (Lipinski definition) is 1. The van der Waals surface area contributed by atoms with Crippen molar-refractivity contribution < 1.29 is 22.4 Å². The van der Waals surface area contributed by atoms with Gasteiger partial charge in [0.15, 0.2) is 0 Å². The number of aromatic nitrogens is 2. The fourth-order valence-electron chi connectivity index (χ4n) is 2.27. The number of amides is 1. The van der Waals surface area contributed by atoms with Gasteiger partial charge in [0.1, 0.15) is 0 Å². The molecule has 0 spiro atoms. The molecule has 134 valence electrons. The topological polar surface area (TPSA) is 68.0 Å². The molecule has 0 atom stereocenters. The fourth-order valence-corrected chi connectivity index (χ4v) is 2.27. The van der Waals surface area contributed by atoms with Crippen molar-refractivity contribution in [1.29, 1.82) is 0 Å². The predicted molar refractivity (Wildman–Crippen MR) is 87.2 cm³/mol. The van der Waals surface area contributed by atoms with Crippen LogP contribution in [0.25, 0.3) is 11.5 Å². The highest BCUT2D eigenvalue weighted by atomic mass is 19.4. The molecule has 3 aromatic rings. The van der Waals surface area contributed by atoms with E-state index < -0.39 is 17.6 Å². The monoisotopic (exact) mass is 361 g/mol. The van der Waals surface area contributed by atoms with E-state index in [-0.39, 0.29) is 18.5 Å². The molecule has 0 saturated heterocycles. The summed E-state index contributed by atoms with van der Waals surface area (Å²) in [6.07, 6.45) is -4.22. The molecule has 0 saturated carbocycles. The van der Waals surface area contributed by atoms with Crippen LogP contribution in [0, 0.1) is 0 Å². The number of nitrogens with one attached hydrogen (secondary N) is 1. The van der Waals surface area contributed by atoms with Crippen molar-refractivity contribution in [2.45, 2.75) is 12.6 Å². The van der Waals surface area contributed by atoms with Gasteiger partial charge in [-0.2, -0.15) is 13.2 Å². The second kappa shape index (κ2) is 7.38. The Kier molecular flexibility index (Phi) is 5.01. The number of nitrogens with zero attached hydrogens (tertiary/aromatic N) is 2. The van der Waals surface area contributed by atoms with Gasteiger partial charge in [-0.1, -0.05) is 24.3 Å². The third-order valence-corrected chi connectivity index (χ3v) is 3.56. The van der Waals surface area contributed by atoms with Gasteiger partial charge in [0, 0.05) is 24.1 Å². The Hall–Kier alpha value is -3.16. The number of rotatable bonds is 5. The van der Waals surface area contributed by atoms with Crippen molar-refractivity contribution in [3.63, 3.8) is 0 Å². The summed E-state index contributed by atoms with van der Waals surface area (Å²) in [5, 5.41) is 10.4. The van der Waals surface area contributed by atoms with Crippen molar-refractivity contribution >= 4 is 5.91 Å². The summed E-state index contributed by atoms with van der Waals surface area (Å²) in [5.74, 6) is 0.0944. The van der Waals surface area contributed by atoms with Crippen LogP contribution in [0.2, 0.25) is 0 Å². The minimum Gasteiger partial charge on any atom is -0.421 e. The van der Waals surface area contributed by atoms with E-state index in [0.29, 0.717) is 11.8 Å². The minimum atomic E-state index is -4.49. The molecule has 0 radical (unpaired) electrons. The quantitative estimate of drug-likeness (QED) is 0.752. The maximum Gasteiger partial charge on any atom is 0.416 e. The van der Waals surface area contributed by atoms with E-state index in [1.165, 1.54) is 12.1 Å². The normalized spacial score (nSPS) is 11.3. The molecule has 1 aromatic heterocycles. The zero-order valence-electron chi connectivity index (χ0n) is 13.5. The van der Waals surface area contributed by atoms with Crippen LogP contribution in [-0.2, 0) is 12.6 Å². The van der Waals surface area contributed by atoms with Crippen LogP contribution in [0.1, 0.15) is 21.8 Å². The first-order chi connectivity index (χ1) is 12.4. The van der Waals surface area contributed by atoms with Gasteiger partial charge in [-0.15, -0.1) is 10.2 Å². The number of alkyl halides is 3. The summed E-state index contributed by atoms with van der Waals surface area (Å²) in [6.45, 7) is 0.158. The largest absolute Gasteiger partial charge is 0.421 e. The zero-order valence-corrected chi connectivity index (χ0v) is 13.5. The Morgan fingerprint density at radius 2 is 1.81 bits per heavy atom. The first-order valence-corrected chi connectivity index (χ1v) is 7.77. The molecule has 1 amide bonds. The molecule has 3 rings (SSSR count). The second-order valence-corrected chi connectivity index (χ2v) is 5.45. The Morgan fingerprint density at radius 3 is 2.54 bits per heavy atom. The Labute approximate surface area is 146 Å². The zero-order chi connectivity index (χ0) is 18.6. The van der Waals surface area contributed by atoms with Gasteiger partial charge < -0.3 is 9.73 Å². The number of halogens is 3. The van der Waals surface area contributed by atoms with Crippen LogP contribution >= 0.6 is 0 Å². The highest BCUT2D eigenvalue weighted by molar-refractivity contribution is 5.94. The molecule has 2 aromatic carbocycles. The van der Waals surface area contributed by atoms with Crippen molar-refractivity contribution in [2.75, 3.05) is 6.54 Å². The maximum atomic E-state index is 12.7. The van der Waals surface area contributed by atoms with Gasteiger partial charge in [0.25, 0.3) is 5.91 Å². The summed E-state index contributed by atoms with van der Waals surface area (Å²) >= 11 is 0. The van der Waals surface area contributed by atoms with Crippen LogP contribution in [0.15, 0.2) is 59.0 Å². The summed E-state index contributed by atoms with van der Waals surface area (Å²) in [4.78, 5) is 12.0. The summed E-state index contributed by atoms with van der Waals surface area (Å²) in [6, 6.07) is 13.5. The molecule has 8 heteroatoms. The van der Waals surface area contributed by atoms with Crippen molar-refractivity contribution in [2.24, 2.45) is 0 Å². The van der Waals surface area contributed by atoms with Crippen LogP contribution in [0.5, 0.6) is 0 Å². The molecule has 1 N–H and O–H groups in total. The molecule has 26 heavy (non-hydrogen) atoms. The van der Waals surface area contributed by atoms with E-state index >= 15 is 0 Å². The average molecular weight is 361 g/mol. The van der Waals surface area contributed by atoms with Crippen molar-refractivity contribution in [1.82, 2.24) is 15.5 Å². The molecule has 0 unspecified atom stereocenters. The molecular weight excluding hydrogens is 347 g/mol. The standard InChI is InChI=1S/C18H14F3N3O2/c19-18(20,21)14-8-4-7-13(11-14)16(25)22-10-9-15-23-24-17(26-15)12-5-2-1-3-6-12/h1-8,11H,9-10H2,(H,22,25). The van der Waals surface area contributed by atoms with E-state index in [1.54, 1.807) is 0 Å². The first-order valence-electron chi connectivity index (χ1n) is 7.77. The maximum absolute atomic E-state index is 12.7. The van der Waals surface area contributed by atoms with E-state index in [0.717, 1.165) is 17.7 Å². The highest BCUT2D eigenvalue weighted by Crippen LogP contribution is 2.29. The van der Waals surface area contributed by atoms with Gasteiger partial charge in [0.2, 0.25) is 11.8 Å². The third-order valence-electron chi connectivity index (χ3n) is 3.56. The summed E-state index contributed by atoms with van der Waals surface area (Å²) in [7, 11) is 0. The first kappa shape index (κ1) is 17.7. The number of hydrogen-bond acceptors (Lipinski definition) is 4. The molecule has 5 nitrogen and oxygen atoms in total. The van der Waals surface area contributed by atoms with Crippen LogP contribution in [-0.4, -0.2) is 22.6 Å². The van der Waals surface area contributed by atoms with Gasteiger partial charge in [-0.3, -0.25) is 4.79 Å². The van der Waals surface area contributed by atoms with E-state index in [2.05, 4.69) is 15.5 Å². The minimum absolute atomic E-state index is 0.0599. The SMILES string of the molecule is O=C(NCCc1nnc(-c2ccccc2)o1)c1cccc(C(F)(F)F)c1. The van der Waals surface area contributed by atoms with Gasteiger partial charge >= 0.3 is 6.18 Å². The lowest BCUT2D eigenvalue weighted by atomic mass is 10.1. The molecule has 0 aliphatic rings. The van der Waals surface area contributed by atoms with Gasteiger partial charge in [-0.25, -0.2) is 0 Å². The fraction of sp³-hybridized carbons (Fsp3) is 0.167. The smallest absolute Gasteiger partial charge is 0.416 e. The average Bonchev–Trinajstić information content (AvgIpc) is 3.11. The highest BCUT2D eigenvalue weighted by Gasteiger charge is 2.30. The molecular formula is C18H14F3N3O2. The van der Waals surface area contributed by atoms with Crippen LogP contribution < -0.4 is 5.32 Å². The molecule has 0 aliphatic carbocycles. The number of benzene rings is 2. The molecule has 0 fully saturated rings. The Bertz CT molecular complexity index is 892. The Morgan fingerprint density at radius 1 is 1.04 bits per heavy atom. The van der Waals surface area contributed by atoms with Crippen LogP contribution in [0.3, 0.4) is 0 Å². The lowest BCUT2D eigenvalue weighted by molar-refractivity contribution is -0.137. The summed E-state index contributed by atoms with van der Waals surface area (Å²) < 4.78 is 43.6. The second-order valence-electron chi connectivity index (χ2n) is 5.45. The van der Waals surface area contributed by atoms with Crippen molar-refractivity contribution in [3.8, 4) is 11.5 Å². The molecule has 0 aliphatic heterocycles. The molecule has 1 heterocycles. The lowest BCUT2D eigenvalue weighted by Crippen LogP contribution is -2.26. The number of carbonyl (C=O) groups excluding carboxylic acids is 1. The lowest BCUT2D eigenvalue weighted by Gasteiger charge is -2.08. The van der Waals surface area contributed by atoms with Gasteiger partial charge in [-0.05, 0) is 30.3 Å². The van der Waals surface area contributed by atoms with Crippen LogP contribution in [0.4, 0.5) is 13.2 Å². The van der Waals surface area contributed by atoms with E-state index in [9.17, 15) is 18.0 Å². The number of carbonyl (C=O) groups is 1. The summed E-state index contributed by atoms with van der Waals surface area (Å²) in [5.41, 5.74) is -0.149.